The van der Waals surface area contributed by atoms with Gasteiger partial charge in [-0.2, -0.15) is 0 Å². The number of methoxy groups -OCH3 is 1. The zero-order valence-corrected chi connectivity index (χ0v) is 12.5. The minimum atomic E-state index is -0.693. The summed E-state index contributed by atoms with van der Waals surface area (Å²) in [6, 6.07) is 7.02. The summed E-state index contributed by atoms with van der Waals surface area (Å²) in [6.45, 7) is 2.08. The average Bonchev–Trinajstić information content (AvgIpc) is 2.47. The molecule has 1 aromatic carbocycles. The molecule has 1 unspecified atom stereocenters. The molecule has 1 rings (SSSR count). The molecule has 0 heterocycles. The first kappa shape index (κ1) is 16.5. The molecule has 0 spiro atoms. The first-order valence-corrected chi connectivity index (χ1v) is 7.52. The first-order chi connectivity index (χ1) is 9.56. The van der Waals surface area contributed by atoms with Gasteiger partial charge in [0, 0.05) is 11.4 Å². The summed E-state index contributed by atoms with van der Waals surface area (Å²) >= 11 is 1.30. The predicted molar refractivity (Wildman–Crippen MR) is 81.8 cm³/mol. The number of nitrogens with one attached hydrogen (secondary N) is 1. The van der Waals surface area contributed by atoms with Crippen molar-refractivity contribution in [2.75, 3.05) is 23.9 Å². The second kappa shape index (κ2) is 8.60. The SMILES string of the molecule is CCc1ccc(NC(=O)CSCC(N)C(=O)OC)cc1. The standard InChI is InChI=1S/C14H20N2O3S/c1-3-10-4-6-11(7-5-10)16-13(17)9-20-8-12(15)14(18)19-2/h4-7,12H,3,8-9,15H2,1-2H3,(H,16,17). The van der Waals surface area contributed by atoms with E-state index in [0.29, 0.717) is 5.75 Å². The monoisotopic (exact) mass is 296 g/mol. The third-order valence-corrected chi connectivity index (χ3v) is 3.74. The van der Waals surface area contributed by atoms with Gasteiger partial charge >= 0.3 is 5.97 Å². The van der Waals surface area contributed by atoms with Gasteiger partial charge in [-0.25, -0.2) is 0 Å². The van der Waals surface area contributed by atoms with Crippen molar-refractivity contribution in [1.82, 2.24) is 0 Å². The lowest BCUT2D eigenvalue weighted by molar-refractivity contribution is -0.141. The van der Waals surface area contributed by atoms with Gasteiger partial charge in [-0.15, -0.1) is 11.8 Å². The summed E-state index contributed by atoms with van der Waals surface area (Å²) in [5.41, 5.74) is 7.56. The van der Waals surface area contributed by atoms with E-state index >= 15 is 0 Å². The van der Waals surface area contributed by atoms with E-state index in [1.165, 1.54) is 24.4 Å². The van der Waals surface area contributed by atoms with Crippen LogP contribution < -0.4 is 11.1 Å². The third-order valence-electron chi connectivity index (χ3n) is 2.68. The number of hydrogen-bond acceptors (Lipinski definition) is 5. The van der Waals surface area contributed by atoms with E-state index in [0.717, 1.165) is 12.1 Å². The molecule has 0 saturated heterocycles. The quantitative estimate of drug-likeness (QED) is 0.744. The van der Waals surface area contributed by atoms with E-state index in [2.05, 4.69) is 17.0 Å². The maximum atomic E-state index is 11.7. The van der Waals surface area contributed by atoms with Crippen molar-refractivity contribution in [2.45, 2.75) is 19.4 Å². The fraction of sp³-hybridized carbons (Fsp3) is 0.429. The molecule has 0 bridgehead atoms. The van der Waals surface area contributed by atoms with Crippen LogP contribution in [-0.4, -0.2) is 36.5 Å². The number of rotatable bonds is 7. The van der Waals surface area contributed by atoms with Crippen LogP contribution in [0.2, 0.25) is 0 Å². The Morgan fingerprint density at radius 1 is 1.35 bits per heavy atom. The number of carbonyl (C=O) groups is 2. The molecule has 0 aliphatic rings. The van der Waals surface area contributed by atoms with E-state index in [4.69, 9.17) is 5.73 Å². The molecular weight excluding hydrogens is 276 g/mol. The van der Waals surface area contributed by atoms with Gasteiger partial charge in [0.05, 0.1) is 12.9 Å². The normalized spacial score (nSPS) is 11.8. The second-order valence-corrected chi connectivity index (χ2v) is 5.27. The lowest BCUT2D eigenvalue weighted by Crippen LogP contribution is -2.34. The number of hydrogen-bond donors (Lipinski definition) is 2. The van der Waals surface area contributed by atoms with Gasteiger partial charge in [0.15, 0.2) is 0 Å². The van der Waals surface area contributed by atoms with Crippen LogP contribution in [0.4, 0.5) is 5.69 Å². The molecule has 110 valence electrons. The lowest BCUT2D eigenvalue weighted by Gasteiger charge is -2.09. The van der Waals surface area contributed by atoms with Crippen LogP contribution in [0.1, 0.15) is 12.5 Å². The summed E-state index contributed by atoms with van der Waals surface area (Å²) in [5.74, 6) is 0.0270. The largest absolute Gasteiger partial charge is 0.468 e. The number of thioether (sulfide) groups is 1. The van der Waals surface area contributed by atoms with Crippen LogP contribution in [-0.2, 0) is 20.7 Å². The van der Waals surface area contributed by atoms with E-state index in [1.54, 1.807) is 0 Å². The van der Waals surface area contributed by atoms with Crippen LogP contribution in [0.25, 0.3) is 0 Å². The molecule has 20 heavy (non-hydrogen) atoms. The van der Waals surface area contributed by atoms with E-state index in [-0.39, 0.29) is 11.7 Å². The van der Waals surface area contributed by atoms with Gasteiger partial charge in [0.1, 0.15) is 6.04 Å². The molecule has 0 saturated carbocycles. The number of ether oxygens (including phenoxy) is 1. The summed E-state index contributed by atoms with van der Waals surface area (Å²) in [7, 11) is 1.29. The Bertz CT molecular complexity index is 448. The zero-order valence-electron chi connectivity index (χ0n) is 11.7. The molecule has 6 heteroatoms. The minimum absolute atomic E-state index is 0.115. The zero-order chi connectivity index (χ0) is 15.0. The number of nitrogens with two attached hydrogens (primary N) is 1. The Morgan fingerprint density at radius 2 is 2.00 bits per heavy atom. The molecule has 0 radical (unpaired) electrons. The Balaban J connectivity index is 2.31. The molecular formula is C14H20N2O3S. The first-order valence-electron chi connectivity index (χ1n) is 6.36. The van der Waals surface area contributed by atoms with E-state index in [1.807, 2.05) is 24.3 Å². The third kappa shape index (κ3) is 5.63. The Kier molecular flexibility index (Phi) is 7.11. The number of anilines is 1. The van der Waals surface area contributed by atoms with Crippen LogP contribution >= 0.6 is 11.8 Å². The topological polar surface area (TPSA) is 81.4 Å². The summed E-state index contributed by atoms with van der Waals surface area (Å²) in [6.07, 6.45) is 0.968. The smallest absolute Gasteiger partial charge is 0.323 e. The van der Waals surface area contributed by atoms with Crippen molar-refractivity contribution >= 4 is 29.3 Å². The molecule has 1 aromatic rings. The van der Waals surface area contributed by atoms with Gasteiger partial charge < -0.3 is 15.8 Å². The predicted octanol–water partition coefficient (Wildman–Crippen LogP) is 1.42. The fourth-order valence-electron chi connectivity index (χ4n) is 1.52. The molecule has 5 nitrogen and oxygen atoms in total. The van der Waals surface area contributed by atoms with Crippen LogP contribution in [0.3, 0.4) is 0 Å². The maximum absolute atomic E-state index is 11.7. The van der Waals surface area contributed by atoms with Crippen LogP contribution in [0.5, 0.6) is 0 Å². The average molecular weight is 296 g/mol. The minimum Gasteiger partial charge on any atom is -0.468 e. The van der Waals surface area contributed by atoms with Gasteiger partial charge in [-0.05, 0) is 24.1 Å². The molecule has 3 N–H and O–H groups in total. The molecule has 0 aliphatic heterocycles. The summed E-state index contributed by atoms with van der Waals surface area (Å²) in [5, 5.41) is 2.79. The fourth-order valence-corrected chi connectivity index (χ4v) is 2.28. The molecule has 1 atom stereocenters. The summed E-state index contributed by atoms with van der Waals surface area (Å²) < 4.78 is 4.51. The van der Waals surface area contributed by atoms with Crippen LogP contribution in [0.15, 0.2) is 24.3 Å². The maximum Gasteiger partial charge on any atom is 0.323 e. The van der Waals surface area contributed by atoms with Gasteiger partial charge in [0.2, 0.25) is 5.91 Å². The highest BCUT2D eigenvalue weighted by Crippen LogP contribution is 2.11. The summed E-state index contributed by atoms with van der Waals surface area (Å²) in [4.78, 5) is 22.8. The highest BCUT2D eigenvalue weighted by molar-refractivity contribution is 8.00. The Labute approximate surface area is 123 Å². The van der Waals surface area contributed by atoms with Crippen molar-refractivity contribution in [1.29, 1.82) is 0 Å². The van der Waals surface area contributed by atoms with Crippen molar-refractivity contribution in [2.24, 2.45) is 5.73 Å². The molecule has 0 aliphatic carbocycles. The van der Waals surface area contributed by atoms with E-state index < -0.39 is 12.0 Å². The van der Waals surface area contributed by atoms with Crippen molar-refractivity contribution < 1.29 is 14.3 Å². The number of benzene rings is 1. The second-order valence-electron chi connectivity index (χ2n) is 4.24. The molecule has 0 aromatic heterocycles. The lowest BCUT2D eigenvalue weighted by atomic mass is 10.1. The number of amides is 1. The van der Waals surface area contributed by atoms with Gasteiger partial charge in [0.25, 0.3) is 0 Å². The Morgan fingerprint density at radius 3 is 2.55 bits per heavy atom. The molecule has 1 amide bonds. The van der Waals surface area contributed by atoms with Crippen molar-refractivity contribution in [3.8, 4) is 0 Å². The van der Waals surface area contributed by atoms with Gasteiger partial charge in [-0.3, -0.25) is 9.59 Å². The number of aryl methyl sites for hydroxylation is 1. The molecule has 0 fully saturated rings. The number of carbonyl (C=O) groups excluding carboxylic acids is 2. The van der Waals surface area contributed by atoms with Crippen molar-refractivity contribution in [3.05, 3.63) is 29.8 Å². The number of esters is 1. The highest BCUT2D eigenvalue weighted by atomic mass is 32.2. The van der Waals surface area contributed by atoms with Crippen molar-refractivity contribution in [3.63, 3.8) is 0 Å². The van der Waals surface area contributed by atoms with Gasteiger partial charge in [-0.1, -0.05) is 19.1 Å². The Hall–Kier alpha value is -1.53. The van der Waals surface area contributed by atoms with E-state index in [9.17, 15) is 9.59 Å². The van der Waals surface area contributed by atoms with Crippen LogP contribution in [0, 0.1) is 0 Å². The highest BCUT2D eigenvalue weighted by Gasteiger charge is 2.14.